The third-order valence-corrected chi connectivity index (χ3v) is 9.25. The van der Waals surface area contributed by atoms with Crippen LogP contribution in [0.15, 0.2) is 80.1 Å². The van der Waals surface area contributed by atoms with E-state index in [1.54, 1.807) is 75.4 Å². The first-order valence-corrected chi connectivity index (χ1v) is 17.1. The fourth-order valence-electron chi connectivity index (χ4n) is 5.23. The first-order valence-electron chi connectivity index (χ1n) is 15.5. The zero-order chi connectivity index (χ0) is 35.9. The molecule has 0 fully saturated rings. The molecule has 0 spiro atoms. The number of benzene rings is 3. The second kappa shape index (κ2) is 16.2. The van der Waals surface area contributed by atoms with E-state index in [1.165, 1.54) is 24.9 Å². The van der Waals surface area contributed by atoms with Gasteiger partial charge in [0.15, 0.2) is 34.4 Å². The van der Waals surface area contributed by atoms with Crippen LogP contribution in [0.4, 0.5) is 4.39 Å². The molecular formula is C36H34BrFN2O9S. The molecule has 0 radical (unpaired) electrons. The largest absolute Gasteiger partial charge is 0.493 e. The Kier molecular flexibility index (Phi) is 11.8. The standard InChI is InChI=1S/C36H34BrFN2O9S/c1-6-46-28-14-21(12-13-26(28)49-19-31(41)45-5)33-32(35(43)47-7-2)20(3)39-36-40(33)34(42)30(50-36)16-23-15-27(44-4)29(17-24(23)37)48-18-22-10-8-9-11-25(22)38/h8-17,33H,6-7,18-19H2,1-5H3/b30-16-/t33-/m1/s1. The van der Waals surface area contributed by atoms with Crippen LogP contribution >= 0.6 is 27.3 Å². The molecule has 2 heterocycles. The summed E-state index contributed by atoms with van der Waals surface area (Å²) in [6.45, 7) is 5.23. The highest BCUT2D eigenvalue weighted by molar-refractivity contribution is 9.10. The molecule has 0 unspecified atom stereocenters. The van der Waals surface area contributed by atoms with E-state index in [1.807, 2.05) is 0 Å². The first-order chi connectivity index (χ1) is 24.1. The number of rotatable bonds is 13. The van der Waals surface area contributed by atoms with Crippen molar-refractivity contribution in [2.75, 3.05) is 34.0 Å². The summed E-state index contributed by atoms with van der Waals surface area (Å²) in [5.41, 5.74) is 1.71. The van der Waals surface area contributed by atoms with Crippen molar-refractivity contribution in [2.45, 2.75) is 33.4 Å². The number of allylic oxidation sites excluding steroid dienone is 1. The molecule has 14 heteroatoms. The number of halogens is 2. The Hall–Kier alpha value is -4.95. The Balaban J connectivity index is 1.59. The number of hydrogen-bond donors (Lipinski definition) is 0. The molecule has 5 rings (SSSR count). The Bertz CT molecular complexity index is 2140. The van der Waals surface area contributed by atoms with Crippen LogP contribution < -0.4 is 33.8 Å². The Morgan fingerprint density at radius 3 is 2.44 bits per heavy atom. The lowest BCUT2D eigenvalue weighted by Gasteiger charge is -2.25. The minimum atomic E-state index is -0.923. The van der Waals surface area contributed by atoms with Crippen LogP contribution in [-0.4, -0.2) is 50.5 Å². The van der Waals surface area contributed by atoms with Gasteiger partial charge in [0.2, 0.25) is 0 Å². The van der Waals surface area contributed by atoms with Crippen molar-refractivity contribution in [3.8, 4) is 23.0 Å². The van der Waals surface area contributed by atoms with Gasteiger partial charge in [-0.05, 0) is 68.3 Å². The average Bonchev–Trinajstić information content (AvgIpc) is 3.41. The van der Waals surface area contributed by atoms with Gasteiger partial charge < -0.3 is 28.4 Å². The molecule has 50 heavy (non-hydrogen) atoms. The monoisotopic (exact) mass is 768 g/mol. The van der Waals surface area contributed by atoms with Crippen molar-refractivity contribution in [3.63, 3.8) is 0 Å². The van der Waals surface area contributed by atoms with E-state index in [0.717, 1.165) is 11.3 Å². The number of hydrogen-bond acceptors (Lipinski definition) is 11. The Labute approximate surface area is 299 Å². The molecular weight excluding hydrogens is 735 g/mol. The van der Waals surface area contributed by atoms with Gasteiger partial charge in [-0.3, -0.25) is 9.36 Å². The van der Waals surface area contributed by atoms with Crippen LogP contribution in [0.1, 0.15) is 43.5 Å². The number of esters is 2. The van der Waals surface area contributed by atoms with E-state index in [4.69, 9.17) is 23.7 Å². The summed E-state index contributed by atoms with van der Waals surface area (Å²) in [7, 11) is 2.74. The van der Waals surface area contributed by atoms with Crippen LogP contribution in [-0.2, 0) is 25.7 Å². The molecule has 4 aromatic rings. The second-order valence-corrected chi connectivity index (χ2v) is 12.6. The summed E-state index contributed by atoms with van der Waals surface area (Å²) in [4.78, 5) is 44.4. The van der Waals surface area contributed by atoms with Gasteiger partial charge in [0.05, 0.1) is 49.3 Å². The molecule has 0 saturated heterocycles. The topological polar surface area (TPSA) is 124 Å². The van der Waals surface area contributed by atoms with Crippen molar-refractivity contribution in [3.05, 3.63) is 113 Å². The predicted molar refractivity (Wildman–Crippen MR) is 187 cm³/mol. The third-order valence-electron chi connectivity index (χ3n) is 7.58. The lowest BCUT2D eigenvalue weighted by Crippen LogP contribution is -2.40. The molecule has 1 aliphatic rings. The van der Waals surface area contributed by atoms with Crippen molar-refractivity contribution in [2.24, 2.45) is 4.99 Å². The predicted octanol–water partition coefficient (Wildman–Crippen LogP) is 5.24. The smallest absolute Gasteiger partial charge is 0.343 e. The van der Waals surface area contributed by atoms with E-state index in [0.29, 0.717) is 53.4 Å². The molecule has 1 aliphatic heterocycles. The lowest BCUT2D eigenvalue weighted by atomic mass is 9.95. The lowest BCUT2D eigenvalue weighted by molar-refractivity contribution is -0.143. The number of methoxy groups -OCH3 is 2. The van der Waals surface area contributed by atoms with Crippen LogP contribution in [0, 0.1) is 5.82 Å². The van der Waals surface area contributed by atoms with Crippen LogP contribution in [0.25, 0.3) is 6.08 Å². The zero-order valence-electron chi connectivity index (χ0n) is 27.9. The number of fused-ring (bicyclic) bond motifs is 1. The number of nitrogens with zero attached hydrogens (tertiary/aromatic N) is 2. The van der Waals surface area contributed by atoms with Crippen molar-refractivity contribution in [1.29, 1.82) is 0 Å². The highest BCUT2D eigenvalue weighted by atomic mass is 79.9. The van der Waals surface area contributed by atoms with Gasteiger partial charge in [0, 0.05) is 10.0 Å². The van der Waals surface area contributed by atoms with Gasteiger partial charge in [-0.15, -0.1) is 0 Å². The number of ether oxygens (including phenoxy) is 6. The third kappa shape index (κ3) is 7.76. The second-order valence-electron chi connectivity index (χ2n) is 10.7. The summed E-state index contributed by atoms with van der Waals surface area (Å²) in [6, 6.07) is 13.8. The minimum absolute atomic E-state index is 0.0149. The van der Waals surface area contributed by atoms with Gasteiger partial charge in [0.1, 0.15) is 12.4 Å². The molecule has 1 aromatic heterocycles. The SMILES string of the molecule is CCOC(=O)C1=C(C)N=c2s/c(=C\c3cc(OC)c(OCc4ccccc4F)cc3Br)c(=O)n2[C@@H]1c1ccc(OCC(=O)OC)c(OCC)c1. The number of thiazole rings is 1. The summed E-state index contributed by atoms with van der Waals surface area (Å²) in [6.07, 6.45) is 1.69. The minimum Gasteiger partial charge on any atom is -0.493 e. The van der Waals surface area contributed by atoms with E-state index in [2.05, 4.69) is 25.7 Å². The van der Waals surface area contributed by atoms with Gasteiger partial charge in [-0.25, -0.2) is 19.0 Å². The fourth-order valence-corrected chi connectivity index (χ4v) is 6.71. The number of aromatic nitrogens is 1. The maximum absolute atomic E-state index is 14.2. The van der Waals surface area contributed by atoms with E-state index < -0.39 is 23.5 Å². The fraction of sp³-hybridized carbons (Fsp3) is 0.278. The van der Waals surface area contributed by atoms with Gasteiger partial charge in [-0.1, -0.05) is 51.5 Å². The maximum atomic E-state index is 14.2. The van der Waals surface area contributed by atoms with E-state index >= 15 is 0 Å². The highest BCUT2D eigenvalue weighted by Gasteiger charge is 2.34. The average molecular weight is 770 g/mol. The Morgan fingerprint density at radius 1 is 0.980 bits per heavy atom. The number of carbonyl (C=O) groups excluding carboxylic acids is 2. The highest BCUT2D eigenvalue weighted by Crippen LogP contribution is 2.37. The van der Waals surface area contributed by atoms with Gasteiger partial charge >= 0.3 is 11.9 Å². The molecule has 1 atom stereocenters. The molecule has 11 nitrogen and oxygen atoms in total. The van der Waals surface area contributed by atoms with Crippen LogP contribution in [0.2, 0.25) is 0 Å². The normalized spacial score (nSPS) is 14.1. The van der Waals surface area contributed by atoms with Gasteiger partial charge in [0.25, 0.3) is 5.56 Å². The van der Waals surface area contributed by atoms with Crippen molar-refractivity contribution in [1.82, 2.24) is 4.57 Å². The molecule has 262 valence electrons. The van der Waals surface area contributed by atoms with Gasteiger partial charge in [-0.2, -0.15) is 0 Å². The van der Waals surface area contributed by atoms with Crippen molar-refractivity contribution < 1.29 is 42.4 Å². The molecule has 0 saturated carbocycles. The van der Waals surface area contributed by atoms with Crippen LogP contribution in [0.5, 0.6) is 23.0 Å². The Morgan fingerprint density at radius 2 is 1.74 bits per heavy atom. The molecule has 0 N–H and O–H groups in total. The maximum Gasteiger partial charge on any atom is 0.343 e. The summed E-state index contributed by atoms with van der Waals surface area (Å²) in [5.74, 6) is -0.223. The van der Waals surface area contributed by atoms with E-state index in [-0.39, 0.29) is 43.6 Å². The zero-order valence-corrected chi connectivity index (χ0v) is 30.3. The quantitative estimate of drug-likeness (QED) is 0.168. The summed E-state index contributed by atoms with van der Waals surface area (Å²) in [5, 5.41) is 0. The van der Waals surface area contributed by atoms with E-state index in [9.17, 15) is 18.8 Å². The molecule has 0 aliphatic carbocycles. The summed E-state index contributed by atoms with van der Waals surface area (Å²) < 4.78 is 49.6. The number of carbonyl (C=O) groups is 2. The van der Waals surface area contributed by atoms with Crippen molar-refractivity contribution >= 4 is 45.3 Å². The first kappa shape index (κ1) is 36.3. The molecule has 0 amide bonds. The molecule has 0 bridgehead atoms. The molecule has 3 aromatic carbocycles. The summed E-state index contributed by atoms with van der Waals surface area (Å²) >= 11 is 4.73. The van der Waals surface area contributed by atoms with Crippen LogP contribution in [0.3, 0.4) is 0 Å².